The monoisotopic (exact) mass is 342 g/mol. The summed E-state index contributed by atoms with van der Waals surface area (Å²) in [6, 6.07) is 4.65. The smallest absolute Gasteiger partial charge is 0.241 e. The van der Waals surface area contributed by atoms with Crippen LogP contribution >= 0.6 is 0 Å². The molecular formula is C16H26N2O4S. The number of nitrogens with one attached hydrogen (secondary N) is 2. The van der Waals surface area contributed by atoms with Crippen molar-refractivity contribution < 1.29 is 17.9 Å². The maximum atomic E-state index is 12.6. The molecule has 1 fully saturated rings. The Bertz CT molecular complexity index is 596. The molecule has 2 N–H and O–H groups in total. The number of hydrogen-bond acceptors (Lipinski definition) is 5. The zero-order chi connectivity index (χ0) is 16.7. The van der Waals surface area contributed by atoms with Gasteiger partial charge in [-0.25, -0.2) is 13.1 Å². The van der Waals surface area contributed by atoms with E-state index in [2.05, 4.69) is 10.0 Å². The summed E-state index contributed by atoms with van der Waals surface area (Å²) in [5.74, 6) is 1.01. The molecule has 6 nitrogen and oxygen atoms in total. The molecule has 0 spiro atoms. The second-order valence-electron chi connectivity index (χ2n) is 5.49. The zero-order valence-electron chi connectivity index (χ0n) is 13.8. The van der Waals surface area contributed by atoms with Crippen molar-refractivity contribution in [3.8, 4) is 11.5 Å². The third kappa shape index (κ3) is 5.09. The lowest BCUT2D eigenvalue weighted by molar-refractivity contribution is 0.287. The highest BCUT2D eigenvalue weighted by Gasteiger charge is 2.22. The maximum absolute atomic E-state index is 12.6. The van der Waals surface area contributed by atoms with Gasteiger partial charge in [0.1, 0.15) is 0 Å². The van der Waals surface area contributed by atoms with E-state index in [0.717, 1.165) is 25.8 Å². The quantitative estimate of drug-likeness (QED) is 0.791. The molecule has 130 valence electrons. The van der Waals surface area contributed by atoms with Gasteiger partial charge in [0.05, 0.1) is 18.1 Å². The molecule has 0 bridgehead atoms. The normalized spacial score (nSPS) is 19.1. The Morgan fingerprint density at radius 3 is 2.65 bits per heavy atom. The standard InChI is InChI=1S/C16H26N2O4S/c1-3-21-15-9-8-14(11-16(15)22-4-2)23(19,20)18-13-7-5-6-10-17-12-13/h8-9,11,13,17-18H,3-7,10,12H2,1-2H3. The lowest BCUT2D eigenvalue weighted by atomic mass is 10.2. The van der Waals surface area contributed by atoms with Gasteiger partial charge >= 0.3 is 0 Å². The van der Waals surface area contributed by atoms with Gasteiger partial charge in [-0.2, -0.15) is 0 Å². The van der Waals surface area contributed by atoms with Crippen molar-refractivity contribution in [1.82, 2.24) is 10.0 Å². The molecular weight excluding hydrogens is 316 g/mol. The molecule has 1 unspecified atom stereocenters. The van der Waals surface area contributed by atoms with Crippen LogP contribution in [0.4, 0.5) is 0 Å². The third-order valence-corrected chi connectivity index (χ3v) is 5.21. The first-order valence-corrected chi connectivity index (χ1v) is 9.67. The van der Waals surface area contributed by atoms with Gasteiger partial charge in [-0.05, 0) is 45.4 Å². The van der Waals surface area contributed by atoms with E-state index in [1.807, 2.05) is 13.8 Å². The molecule has 7 heteroatoms. The number of ether oxygens (including phenoxy) is 2. The van der Waals surface area contributed by atoms with Crippen LogP contribution in [0.3, 0.4) is 0 Å². The van der Waals surface area contributed by atoms with Crippen LogP contribution in [-0.4, -0.2) is 40.8 Å². The average Bonchev–Trinajstić information content (AvgIpc) is 2.77. The molecule has 23 heavy (non-hydrogen) atoms. The van der Waals surface area contributed by atoms with Crippen LogP contribution in [-0.2, 0) is 10.0 Å². The minimum atomic E-state index is -3.57. The second-order valence-corrected chi connectivity index (χ2v) is 7.21. The Labute approximate surface area is 138 Å². The van der Waals surface area contributed by atoms with E-state index < -0.39 is 10.0 Å². The van der Waals surface area contributed by atoms with Crippen molar-refractivity contribution in [2.45, 2.75) is 44.0 Å². The number of hydrogen-bond donors (Lipinski definition) is 2. The second kappa shape index (κ2) is 8.52. The van der Waals surface area contributed by atoms with Crippen LogP contribution in [0, 0.1) is 0 Å². The Hall–Kier alpha value is -1.31. The summed E-state index contributed by atoms with van der Waals surface area (Å²) < 4.78 is 39.0. The van der Waals surface area contributed by atoms with Gasteiger partial charge in [-0.1, -0.05) is 6.42 Å². The van der Waals surface area contributed by atoms with Crippen molar-refractivity contribution >= 4 is 10.0 Å². The largest absolute Gasteiger partial charge is 0.490 e. The van der Waals surface area contributed by atoms with Crippen molar-refractivity contribution in [1.29, 1.82) is 0 Å². The topological polar surface area (TPSA) is 76.7 Å². The van der Waals surface area contributed by atoms with Crippen LogP contribution in [0.15, 0.2) is 23.1 Å². The van der Waals surface area contributed by atoms with Crippen molar-refractivity contribution in [3.63, 3.8) is 0 Å². The number of rotatable bonds is 7. The molecule has 1 atom stereocenters. The van der Waals surface area contributed by atoms with Crippen molar-refractivity contribution in [2.75, 3.05) is 26.3 Å². The van der Waals surface area contributed by atoms with Gasteiger partial charge in [0, 0.05) is 18.7 Å². The summed E-state index contributed by atoms with van der Waals surface area (Å²) in [5, 5.41) is 3.26. The predicted octanol–water partition coefficient (Wildman–Crippen LogP) is 1.90. The van der Waals surface area contributed by atoms with Gasteiger partial charge in [-0.3, -0.25) is 0 Å². The van der Waals surface area contributed by atoms with E-state index in [9.17, 15) is 8.42 Å². The molecule has 1 aliphatic heterocycles. The van der Waals surface area contributed by atoms with Gasteiger partial charge in [-0.15, -0.1) is 0 Å². The predicted molar refractivity (Wildman–Crippen MR) is 89.6 cm³/mol. The highest BCUT2D eigenvalue weighted by Crippen LogP contribution is 2.30. The summed E-state index contributed by atoms with van der Waals surface area (Å²) in [6.45, 7) is 6.28. The number of benzene rings is 1. The van der Waals surface area contributed by atoms with Gasteiger partial charge in [0.2, 0.25) is 10.0 Å². The van der Waals surface area contributed by atoms with Crippen LogP contribution in [0.5, 0.6) is 11.5 Å². The molecule has 1 saturated heterocycles. The summed E-state index contributed by atoms with van der Waals surface area (Å²) in [4.78, 5) is 0.202. The Kier molecular flexibility index (Phi) is 6.68. The van der Waals surface area contributed by atoms with Crippen LogP contribution in [0.1, 0.15) is 33.1 Å². The summed E-state index contributed by atoms with van der Waals surface area (Å²) in [6.07, 6.45) is 2.95. The fourth-order valence-corrected chi connectivity index (χ4v) is 3.89. The van der Waals surface area contributed by atoms with E-state index in [0.29, 0.717) is 31.3 Å². The average molecular weight is 342 g/mol. The molecule has 1 aromatic rings. The minimum Gasteiger partial charge on any atom is -0.490 e. The molecule has 1 aliphatic rings. The minimum absolute atomic E-state index is 0.0791. The molecule has 1 aromatic carbocycles. The van der Waals surface area contributed by atoms with Crippen LogP contribution in [0.25, 0.3) is 0 Å². The highest BCUT2D eigenvalue weighted by molar-refractivity contribution is 7.89. The summed E-state index contributed by atoms with van der Waals surface area (Å²) in [7, 11) is -3.57. The first kappa shape index (κ1) is 18.0. The van der Waals surface area contributed by atoms with Gasteiger partial charge in [0.25, 0.3) is 0 Å². The van der Waals surface area contributed by atoms with E-state index in [-0.39, 0.29) is 10.9 Å². The SMILES string of the molecule is CCOc1ccc(S(=O)(=O)NC2CCCCNC2)cc1OCC. The van der Waals surface area contributed by atoms with E-state index in [4.69, 9.17) is 9.47 Å². The Balaban J connectivity index is 2.19. The Morgan fingerprint density at radius 2 is 1.91 bits per heavy atom. The summed E-state index contributed by atoms with van der Waals surface area (Å²) >= 11 is 0. The lowest BCUT2D eigenvalue weighted by Crippen LogP contribution is -2.40. The van der Waals surface area contributed by atoms with E-state index in [1.165, 1.54) is 6.07 Å². The fourth-order valence-electron chi connectivity index (χ4n) is 2.61. The Morgan fingerprint density at radius 1 is 1.17 bits per heavy atom. The van der Waals surface area contributed by atoms with E-state index in [1.54, 1.807) is 12.1 Å². The van der Waals surface area contributed by atoms with Crippen molar-refractivity contribution in [2.24, 2.45) is 0 Å². The fraction of sp³-hybridized carbons (Fsp3) is 0.625. The first-order valence-electron chi connectivity index (χ1n) is 8.19. The van der Waals surface area contributed by atoms with Crippen LogP contribution in [0.2, 0.25) is 0 Å². The van der Waals surface area contributed by atoms with Gasteiger partial charge in [0.15, 0.2) is 11.5 Å². The molecule has 0 aliphatic carbocycles. The molecule has 0 aromatic heterocycles. The highest BCUT2D eigenvalue weighted by atomic mass is 32.2. The molecule has 0 saturated carbocycles. The molecule has 0 amide bonds. The zero-order valence-corrected chi connectivity index (χ0v) is 14.6. The van der Waals surface area contributed by atoms with Gasteiger partial charge < -0.3 is 14.8 Å². The lowest BCUT2D eigenvalue weighted by Gasteiger charge is -2.18. The third-order valence-electron chi connectivity index (χ3n) is 3.69. The van der Waals surface area contributed by atoms with Crippen LogP contribution < -0.4 is 19.5 Å². The molecule has 2 rings (SSSR count). The first-order chi connectivity index (χ1) is 11.1. The number of sulfonamides is 1. The molecule has 1 heterocycles. The molecule has 0 radical (unpaired) electrons. The van der Waals surface area contributed by atoms with Crippen molar-refractivity contribution in [3.05, 3.63) is 18.2 Å². The maximum Gasteiger partial charge on any atom is 0.241 e. The van der Waals surface area contributed by atoms with E-state index >= 15 is 0 Å². The summed E-state index contributed by atoms with van der Waals surface area (Å²) in [5.41, 5.74) is 0.